The third kappa shape index (κ3) is 7.06. The van der Waals surface area contributed by atoms with Gasteiger partial charge < -0.3 is 20.1 Å². The van der Waals surface area contributed by atoms with Crippen LogP contribution in [0.5, 0.6) is 5.75 Å². The first kappa shape index (κ1) is 22.1. The van der Waals surface area contributed by atoms with Gasteiger partial charge in [0.1, 0.15) is 11.4 Å². The first-order chi connectivity index (χ1) is 13.2. The minimum absolute atomic E-state index is 0.0474. The van der Waals surface area contributed by atoms with Gasteiger partial charge >= 0.3 is 6.09 Å². The van der Waals surface area contributed by atoms with E-state index in [4.69, 9.17) is 9.47 Å². The van der Waals surface area contributed by atoms with Crippen LogP contribution in [0.4, 0.5) is 4.79 Å². The van der Waals surface area contributed by atoms with Gasteiger partial charge in [-0.25, -0.2) is 4.79 Å². The normalized spacial score (nSPS) is 15.8. The molecular weight excluding hydrogens is 356 g/mol. The molecule has 28 heavy (non-hydrogen) atoms. The predicted octanol–water partition coefficient (Wildman–Crippen LogP) is 3.75. The van der Waals surface area contributed by atoms with Gasteiger partial charge in [0.25, 0.3) is 0 Å². The largest absolute Gasteiger partial charge is 0.496 e. The molecule has 2 rings (SSSR count). The molecule has 0 saturated heterocycles. The molecule has 1 aliphatic carbocycles. The number of amides is 2. The zero-order valence-corrected chi connectivity index (χ0v) is 17.8. The molecule has 0 heterocycles. The Morgan fingerprint density at radius 2 is 1.89 bits per heavy atom. The number of nitrogens with one attached hydrogen (secondary N) is 2. The van der Waals surface area contributed by atoms with E-state index in [0.29, 0.717) is 12.5 Å². The average molecular weight is 391 g/mol. The van der Waals surface area contributed by atoms with Crippen LogP contribution in [0.2, 0.25) is 0 Å². The zero-order valence-electron chi connectivity index (χ0n) is 17.8. The Hall–Kier alpha value is -2.24. The van der Waals surface area contributed by atoms with Crippen molar-refractivity contribution < 1.29 is 19.1 Å². The molecule has 2 amide bonds. The van der Waals surface area contributed by atoms with E-state index in [9.17, 15) is 9.59 Å². The number of rotatable bonds is 7. The van der Waals surface area contributed by atoms with Crippen molar-refractivity contribution in [3.8, 4) is 5.75 Å². The average Bonchev–Trinajstić information content (AvgIpc) is 3.13. The van der Waals surface area contributed by atoms with Crippen molar-refractivity contribution in [3.63, 3.8) is 0 Å². The molecule has 0 aromatic heterocycles. The third-order valence-corrected chi connectivity index (χ3v) is 5.02. The van der Waals surface area contributed by atoms with Crippen LogP contribution < -0.4 is 15.4 Å². The Balaban J connectivity index is 1.95. The van der Waals surface area contributed by atoms with Crippen molar-refractivity contribution in [2.24, 2.45) is 5.92 Å². The van der Waals surface area contributed by atoms with Gasteiger partial charge in [-0.15, -0.1) is 0 Å². The van der Waals surface area contributed by atoms with Crippen LogP contribution in [-0.4, -0.2) is 37.3 Å². The Morgan fingerprint density at radius 3 is 2.50 bits per heavy atom. The molecule has 6 heteroatoms. The number of hydrogen-bond donors (Lipinski definition) is 2. The van der Waals surface area contributed by atoms with Gasteiger partial charge in [-0.2, -0.15) is 0 Å². The number of carbonyl (C=O) groups is 2. The van der Waals surface area contributed by atoms with Crippen LogP contribution in [0.25, 0.3) is 0 Å². The number of carbonyl (C=O) groups excluding carboxylic acids is 2. The van der Waals surface area contributed by atoms with Gasteiger partial charge in [0, 0.05) is 12.6 Å². The SMILES string of the molecule is COc1cc(CC(=O)NC(CNC(=O)OC(C)(C)C)C2CCCC2)ccc1C. The highest BCUT2D eigenvalue weighted by Gasteiger charge is 2.27. The summed E-state index contributed by atoms with van der Waals surface area (Å²) in [6, 6.07) is 5.72. The lowest BCUT2D eigenvalue weighted by atomic mass is 9.97. The van der Waals surface area contributed by atoms with E-state index in [1.807, 2.05) is 45.9 Å². The molecule has 0 aliphatic heterocycles. The van der Waals surface area contributed by atoms with Crippen molar-refractivity contribution in [2.45, 2.75) is 71.4 Å². The molecule has 1 unspecified atom stereocenters. The van der Waals surface area contributed by atoms with Crippen molar-refractivity contribution in [2.75, 3.05) is 13.7 Å². The van der Waals surface area contributed by atoms with Gasteiger partial charge in [-0.1, -0.05) is 25.0 Å². The molecule has 1 saturated carbocycles. The Bertz CT molecular complexity index is 676. The fraction of sp³-hybridized carbons (Fsp3) is 0.636. The van der Waals surface area contributed by atoms with Crippen LogP contribution >= 0.6 is 0 Å². The number of aryl methyl sites for hydroxylation is 1. The molecule has 156 valence electrons. The number of methoxy groups -OCH3 is 1. The van der Waals surface area contributed by atoms with E-state index < -0.39 is 11.7 Å². The van der Waals surface area contributed by atoms with Crippen LogP contribution in [0.3, 0.4) is 0 Å². The summed E-state index contributed by atoms with van der Waals surface area (Å²) in [6.45, 7) is 7.85. The van der Waals surface area contributed by atoms with E-state index in [-0.39, 0.29) is 18.4 Å². The fourth-order valence-corrected chi connectivity index (χ4v) is 3.62. The summed E-state index contributed by atoms with van der Waals surface area (Å²) in [5.41, 5.74) is 1.41. The van der Waals surface area contributed by atoms with Gasteiger partial charge in [-0.3, -0.25) is 4.79 Å². The summed E-state index contributed by atoms with van der Waals surface area (Å²) in [4.78, 5) is 24.6. The second-order valence-electron chi connectivity index (χ2n) is 8.58. The maximum Gasteiger partial charge on any atom is 0.407 e. The van der Waals surface area contributed by atoms with Crippen molar-refractivity contribution in [3.05, 3.63) is 29.3 Å². The monoisotopic (exact) mass is 390 g/mol. The third-order valence-electron chi connectivity index (χ3n) is 5.02. The van der Waals surface area contributed by atoms with Crippen LogP contribution in [-0.2, 0) is 16.0 Å². The maximum atomic E-state index is 12.6. The standard InChI is InChI=1S/C22H34N2O4/c1-15-10-11-16(12-19(15)27-5)13-20(25)24-18(17-8-6-7-9-17)14-23-21(26)28-22(2,3)4/h10-12,17-18H,6-9,13-14H2,1-5H3,(H,23,26)(H,24,25). The lowest BCUT2D eigenvalue weighted by molar-refractivity contribution is -0.121. The molecule has 1 aliphatic rings. The first-order valence-corrected chi connectivity index (χ1v) is 10.1. The van der Waals surface area contributed by atoms with Crippen molar-refractivity contribution in [1.82, 2.24) is 10.6 Å². The highest BCUT2D eigenvalue weighted by atomic mass is 16.6. The molecule has 0 radical (unpaired) electrons. The Labute approximate surface area is 168 Å². The van der Waals surface area contributed by atoms with E-state index in [2.05, 4.69) is 10.6 Å². The van der Waals surface area contributed by atoms with E-state index >= 15 is 0 Å². The number of hydrogen-bond acceptors (Lipinski definition) is 4. The first-order valence-electron chi connectivity index (χ1n) is 10.1. The summed E-state index contributed by atoms with van der Waals surface area (Å²) >= 11 is 0. The topological polar surface area (TPSA) is 76.7 Å². The zero-order chi connectivity index (χ0) is 20.7. The second kappa shape index (κ2) is 9.80. The minimum atomic E-state index is -0.541. The molecule has 1 aromatic carbocycles. The van der Waals surface area contributed by atoms with Crippen LogP contribution in [0.1, 0.15) is 57.6 Å². The Morgan fingerprint density at radius 1 is 1.21 bits per heavy atom. The van der Waals surface area contributed by atoms with Crippen molar-refractivity contribution >= 4 is 12.0 Å². The number of benzene rings is 1. The second-order valence-corrected chi connectivity index (χ2v) is 8.58. The fourth-order valence-electron chi connectivity index (χ4n) is 3.62. The van der Waals surface area contributed by atoms with E-state index in [1.54, 1.807) is 7.11 Å². The molecular formula is C22H34N2O4. The van der Waals surface area contributed by atoms with Gasteiger partial charge in [-0.05, 0) is 63.6 Å². The van der Waals surface area contributed by atoms with E-state index in [1.165, 1.54) is 12.8 Å². The smallest absolute Gasteiger partial charge is 0.407 e. The predicted molar refractivity (Wildman–Crippen MR) is 110 cm³/mol. The molecule has 2 N–H and O–H groups in total. The maximum absolute atomic E-state index is 12.6. The molecule has 1 fully saturated rings. The lowest BCUT2D eigenvalue weighted by Crippen LogP contribution is -2.48. The highest BCUT2D eigenvalue weighted by molar-refractivity contribution is 5.79. The summed E-state index contributed by atoms with van der Waals surface area (Å²) in [6.07, 6.45) is 4.30. The summed E-state index contributed by atoms with van der Waals surface area (Å²) in [7, 11) is 1.63. The lowest BCUT2D eigenvalue weighted by Gasteiger charge is -2.26. The molecule has 6 nitrogen and oxygen atoms in total. The quantitative estimate of drug-likeness (QED) is 0.743. The van der Waals surface area contributed by atoms with E-state index in [0.717, 1.165) is 29.7 Å². The molecule has 1 atom stereocenters. The summed E-state index contributed by atoms with van der Waals surface area (Å²) in [5, 5.41) is 5.94. The summed E-state index contributed by atoms with van der Waals surface area (Å²) < 4.78 is 10.7. The number of ether oxygens (including phenoxy) is 2. The highest BCUT2D eigenvalue weighted by Crippen LogP contribution is 2.28. The van der Waals surface area contributed by atoms with Gasteiger partial charge in [0.2, 0.25) is 5.91 Å². The molecule has 0 spiro atoms. The van der Waals surface area contributed by atoms with Gasteiger partial charge in [0.15, 0.2) is 0 Å². The van der Waals surface area contributed by atoms with Crippen LogP contribution in [0, 0.1) is 12.8 Å². The van der Waals surface area contributed by atoms with Crippen molar-refractivity contribution in [1.29, 1.82) is 0 Å². The Kier molecular flexibility index (Phi) is 7.72. The molecule has 0 bridgehead atoms. The van der Waals surface area contributed by atoms with Crippen LogP contribution in [0.15, 0.2) is 18.2 Å². The minimum Gasteiger partial charge on any atom is -0.496 e. The van der Waals surface area contributed by atoms with Gasteiger partial charge in [0.05, 0.1) is 13.5 Å². The summed E-state index contributed by atoms with van der Waals surface area (Å²) in [5.74, 6) is 1.12. The number of alkyl carbamates (subject to hydrolysis) is 1. The molecule has 1 aromatic rings.